The first-order valence-corrected chi connectivity index (χ1v) is 5.93. The predicted octanol–water partition coefficient (Wildman–Crippen LogP) is 3.22. The third-order valence-electron chi connectivity index (χ3n) is 2.56. The van der Waals surface area contributed by atoms with Gasteiger partial charge in [-0.1, -0.05) is 13.8 Å². The highest BCUT2D eigenvalue weighted by Gasteiger charge is 2.25. The van der Waals surface area contributed by atoms with E-state index >= 15 is 0 Å². The van der Waals surface area contributed by atoms with E-state index in [4.69, 9.17) is 4.74 Å². The van der Waals surface area contributed by atoms with Crippen LogP contribution < -0.4 is 10.1 Å². The van der Waals surface area contributed by atoms with Crippen molar-refractivity contribution in [2.24, 2.45) is 0 Å². The van der Waals surface area contributed by atoms with Crippen molar-refractivity contribution in [2.75, 3.05) is 13.7 Å². The summed E-state index contributed by atoms with van der Waals surface area (Å²) in [7, 11) is 1.54. The lowest BCUT2D eigenvalue weighted by atomic mass is 9.84. The molecular formula is C12H15BrFNO2. The Labute approximate surface area is 108 Å². The second kappa shape index (κ2) is 5.49. The van der Waals surface area contributed by atoms with Crippen LogP contribution >= 0.6 is 15.9 Å². The lowest BCUT2D eigenvalue weighted by molar-refractivity contribution is 0.259. The van der Waals surface area contributed by atoms with Gasteiger partial charge in [-0.25, -0.2) is 4.39 Å². The number of hydrogen-bond donors (Lipinski definition) is 1. The van der Waals surface area contributed by atoms with E-state index in [0.717, 1.165) is 5.56 Å². The molecule has 0 unspecified atom stereocenters. The first-order valence-electron chi connectivity index (χ1n) is 5.14. The molecule has 3 nitrogen and oxygen atoms in total. The van der Waals surface area contributed by atoms with Crippen molar-refractivity contribution >= 4 is 20.7 Å². The number of rotatable bonds is 4. The number of methoxy groups -OCH3 is 1. The molecule has 0 aliphatic carbocycles. The zero-order valence-electron chi connectivity index (χ0n) is 10.0. The quantitative estimate of drug-likeness (QED) is 0.685. The first kappa shape index (κ1) is 14.0. The van der Waals surface area contributed by atoms with Gasteiger partial charge in [-0.3, -0.25) is 4.79 Å². The van der Waals surface area contributed by atoms with E-state index in [1.807, 2.05) is 13.8 Å². The Morgan fingerprint density at radius 3 is 2.71 bits per heavy atom. The molecule has 0 spiro atoms. The molecule has 1 rings (SSSR count). The highest BCUT2D eigenvalue weighted by molar-refractivity contribution is 9.18. The van der Waals surface area contributed by atoms with Gasteiger partial charge in [-0.15, -0.1) is 0 Å². The standard InChI is InChI=1S/C12H15BrFNO2/c1-12(2,7-15-11(13)16)9-6-8(14)4-5-10(9)17-3/h4-6H,7H2,1-3H3,(H,15,16). The number of carbonyl (C=O) groups excluding carboxylic acids is 1. The van der Waals surface area contributed by atoms with Crippen LogP contribution in [0.15, 0.2) is 18.2 Å². The van der Waals surface area contributed by atoms with Gasteiger partial charge in [0.2, 0.25) is 0 Å². The molecule has 94 valence electrons. The third-order valence-corrected chi connectivity index (χ3v) is 2.84. The number of ether oxygens (including phenoxy) is 1. The predicted molar refractivity (Wildman–Crippen MR) is 68.3 cm³/mol. The first-order chi connectivity index (χ1) is 7.86. The number of halogens is 2. The molecular weight excluding hydrogens is 289 g/mol. The van der Waals surface area contributed by atoms with Crippen molar-refractivity contribution in [2.45, 2.75) is 19.3 Å². The molecule has 1 aromatic rings. The van der Waals surface area contributed by atoms with E-state index in [0.29, 0.717) is 12.3 Å². The number of hydrogen-bond acceptors (Lipinski definition) is 2. The maximum Gasteiger partial charge on any atom is 0.287 e. The SMILES string of the molecule is COc1ccc(F)cc1C(C)(C)CNC(=O)Br. The van der Waals surface area contributed by atoms with Crippen molar-refractivity contribution in [1.82, 2.24) is 5.32 Å². The van der Waals surface area contributed by atoms with Crippen LogP contribution in [0, 0.1) is 5.82 Å². The molecule has 0 radical (unpaired) electrons. The molecule has 1 aromatic carbocycles. The average molecular weight is 304 g/mol. The van der Waals surface area contributed by atoms with Crippen molar-refractivity contribution in [3.8, 4) is 5.75 Å². The molecule has 0 saturated carbocycles. The topological polar surface area (TPSA) is 38.3 Å². The zero-order valence-corrected chi connectivity index (χ0v) is 11.6. The summed E-state index contributed by atoms with van der Waals surface area (Å²) in [6.07, 6.45) is 0. The van der Waals surface area contributed by atoms with Crippen molar-refractivity contribution < 1.29 is 13.9 Å². The minimum Gasteiger partial charge on any atom is -0.496 e. The molecule has 0 atom stereocenters. The van der Waals surface area contributed by atoms with Gasteiger partial charge in [-0.2, -0.15) is 0 Å². The Morgan fingerprint density at radius 2 is 2.18 bits per heavy atom. The summed E-state index contributed by atoms with van der Waals surface area (Å²) >= 11 is 2.79. The van der Waals surface area contributed by atoms with Crippen LogP contribution in [-0.4, -0.2) is 18.5 Å². The van der Waals surface area contributed by atoms with Gasteiger partial charge in [0.1, 0.15) is 11.6 Å². The molecule has 0 fully saturated rings. The second-order valence-electron chi connectivity index (χ2n) is 4.36. The van der Waals surface area contributed by atoms with Crippen molar-refractivity contribution in [3.63, 3.8) is 0 Å². The molecule has 5 heteroatoms. The fourth-order valence-electron chi connectivity index (χ4n) is 1.59. The van der Waals surface area contributed by atoms with E-state index in [2.05, 4.69) is 21.2 Å². The summed E-state index contributed by atoms with van der Waals surface area (Å²) in [5.74, 6) is 0.291. The summed E-state index contributed by atoms with van der Waals surface area (Å²) in [5.41, 5.74) is 0.304. The molecule has 0 aliphatic rings. The Balaban J connectivity index is 3.03. The second-order valence-corrected chi connectivity index (χ2v) is 5.08. The summed E-state index contributed by atoms with van der Waals surface area (Å²) in [4.78, 5) is 10.6. The minimum absolute atomic E-state index is 0.291. The van der Waals surface area contributed by atoms with E-state index in [1.165, 1.54) is 19.2 Å². The molecule has 0 saturated heterocycles. The molecule has 0 heterocycles. The third kappa shape index (κ3) is 3.70. The lowest BCUT2D eigenvalue weighted by Crippen LogP contribution is -2.34. The monoisotopic (exact) mass is 303 g/mol. The van der Waals surface area contributed by atoms with Gasteiger partial charge in [0.25, 0.3) is 4.82 Å². The average Bonchev–Trinajstić information content (AvgIpc) is 2.26. The zero-order chi connectivity index (χ0) is 13.1. The molecule has 1 amide bonds. The van der Waals surface area contributed by atoms with Gasteiger partial charge in [0.05, 0.1) is 7.11 Å². The Hall–Kier alpha value is -1.10. The Morgan fingerprint density at radius 1 is 1.53 bits per heavy atom. The van der Waals surface area contributed by atoms with Gasteiger partial charge in [0, 0.05) is 33.5 Å². The summed E-state index contributed by atoms with van der Waals surface area (Å²) in [6.45, 7) is 4.21. The van der Waals surface area contributed by atoms with E-state index in [1.54, 1.807) is 6.07 Å². The number of amides is 1. The fourth-order valence-corrected chi connectivity index (χ4v) is 1.73. The summed E-state index contributed by atoms with van der Waals surface area (Å²) in [5, 5.41) is 2.65. The van der Waals surface area contributed by atoms with Crippen LogP contribution in [0.1, 0.15) is 19.4 Å². The van der Waals surface area contributed by atoms with E-state index in [-0.39, 0.29) is 10.6 Å². The van der Waals surface area contributed by atoms with Gasteiger partial charge in [0.15, 0.2) is 0 Å². The fraction of sp³-hybridized carbons (Fsp3) is 0.417. The molecule has 1 N–H and O–H groups in total. The maximum atomic E-state index is 13.3. The minimum atomic E-state index is -0.420. The van der Waals surface area contributed by atoms with E-state index in [9.17, 15) is 9.18 Å². The lowest BCUT2D eigenvalue weighted by Gasteiger charge is -2.27. The van der Waals surface area contributed by atoms with Crippen LogP contribution in [0.25, 0.3) is 0 Å². The van der Waals surface area contributed by atoms with Crippen molar-refractivity contribution in [1.29, 1.82) is 0 Å². The normalized spacial score (nSPS) is 11.1. The number of nitrogens with one attached hydrogen (secondary N) is 1. The van der Waals surface area contributed by atoms with Crippen LogP contribution in [0.4, 0.5) is 9.18 Å². The molecule has 17 heavy (non-hydrogen) atoms. The van der Waals surface area contributed by atoms with E-state index < -0.39 is 5.41 Å². The molecule has 0 aliphatic heterocycles. The summed E-state index contributed by atoms with van der Waals surface area (Å²) < 4.78 is 18.5. The maximum absolute atomic E-state index is 13.3. The Bertz CT molecular complexity index is 421. The smallest absolute Gasteiger partial charge is 0.287 e. The largest absolute Gasteiger partial charge is 0.496 e. The van der Waals surface area contributed by atoms with Crippen LogP contribution in [-0.2, 0) is 5.41 Å². The number of benzene rings is 1. The van der Waals surface area contributed by atoms with Crippen LogP contribution in [0.5, 0.6) is 5.75 Å². The van der Waals surface area contributed by atoms with Gasteiger partial charge >= 0.3 is 0 Å². The number of carbonyl (C=O) groups is 1. The van der Waals surface area contributed by atoms with Crippen LogP contribution in [0.2, 0.25) is 0 Å². The van der Waals surface area contributed by atoms with Crippen LogP contribution in [0.3, 0.4) is 0 Å². The Kier molecular flexibility index (Phi) is 4.51. The highest BCUT2D eigenvalue weighted by Crippen LogP contribution is 2.31. The van der Waals surface area contributed by atoms with Crippen molar-refractivity contribution in [3.05, 3.63) is 29.6 Å². The van der Waals surface area contributed by atoms with Gasteiger partial charge in [-0.05, 0) is 18.2 Å². The molecule has 0 bridgehead atoms. The van der Waals surface area contributed by atoms with Gasteiger partial charge < -0.3 is 10.1 Å². The summed E-state index contributed by atoms with van der Waals surface area (Å²) in [6, 6.07) is 4.36. The molecule has 0 aromatic heterocycles. The highest BCUT2D eigenvalue weighted by atomic mass is 79.9.